The van der Waals surface area contributed by atoms with E-state index in [1.807, 2.05) is 0 Å². The fourth-order valence-corrected chi connectivity index (χ4v) is 3.17. The van der Waals surface area contributed by atoms with E-state index in [-0.39, 0.29) is 28.9 Å². The largest absolute Gasteiger partial charge is 0.506 e. The second-order valence-corrected chi connectivity index (χ2v) is 5.23. The van der Waals surface area contributed by atoms with Crippen molar-refractivity contribution in [1.29, 1.82) is 0 Å². The summed E-state index contributed by atoms with van der Waals surface area (Å²) >= 11 is 0. The Kier molecular flexibility index (Phi) is 2.66. The molecule has 2 saturated carbocycles. The van der Waals surface area contributed by atoms with Gasteiger partial charge in [0.15, 0.2) is 0 Å². The van der Waals surface area contributed by atoms with Gasteiger partial charge in [0, 0.05) is 12.0 Å². The lowest BCUT2D eigenvalue weighted by molar-refractivity contribution is -0.384. The highest BCUT2D eigenvalue weighted by molar-refractivity contribution is 5.96. The second-order valence-electron chi connectivity index (χ2n) is 5.23. The Morgan fingerprint density at radius 1 is 1.37 bits per heavy atom. The SMILES string of the molecule is O=C(Nc1ccc([N+](=O)[O-])cc1O)C1C2CCCC21. The summed E-state index contributed by atoms with van der Waals surface area (Å²) in [7, 11) is 0. The molecule has 100 valence electrons. The van der Waals surface area contributed by atoms with Crippen LogP contribution in [0.4, 0.5) is 11.4 Å². The summed E-state index contributed by atoms with van der Waals surface area (Å²) in [5, 5.41) is 22.9. The average Bonchev–Trinajstić information content (AvgIpc) is 2.85. The van der Waals surface area contributed by atoms with Gasteiger partial charge in [-0.15, -0.1) is 0 Å². The number of phenols is 1. The van der Waals surface area contributed by atoms with Crippen molar-refractivity contribution in [2.24, 2.45) is 17.8 Å². The number of hydrogen-bond donors (Lipinski definition) is 2. The monoisotopic (exact) mass is 262 g/mol. The molecule has 0 radical (unpaired) electrons. The number of phenolic OH excluding ortho intramolecular Hbond substituents is 1. The molecule has 2 aliphatic carbocycles. The van der Waals surface area contributed by atoms with E-state index in [0.717, 1.165) is 18.9 Å². The number of nitrogens with zero attached hydrogens (tertiary/aromatic N) is 1. The fourth-order valence-electron chi connectivity index (χ4n) is 3.17. The summed E-state index contributed by atoms with van der Waals surface area (Å²) in [5.74, 6) is 0.705. The Morgan fingerprint density at radius 2 is 2.05 bits per heavy atom. The molecule has 2 aliphatic rings. The summed E-state index contributed by atoms with van der Waals surface area (Å²) in [6, 6.07) is 3.68. The van der Waals surface area contributed by atoms with Crippen LogP contribution in [-0.2, 0) is 4.79 Å². The first kappa shape index (κ1) is 12.0. The number of carbonyl (C=O) groups excluding carboxylic acids is 1. The van der Waals surface area contributed by atoms with E-state index in [0.29, 0.717) is 11.8 Å². The van der Waals surface area contributed by atoms with Crippen molar-refractivity contribution in [3.05, 3.63) is 28.3 Å². The molecule has 0 aliphatic heterocycles. The molecule has 2 fully saturated rings. The van der Waals surface area contributed by atoms with Gasteiger partial charge >= 0.3 is 0 Å². The van der Waals surface area contributed by atoms with Gasteiger partial charge in [-0.3, -0.25) is 14.9 Å². The molecule has 6 heteroatoms. The molecular weight excluding hydrogens is 248 g/mol. The summed E-state index contributed by atoms with van der Waals surface area (Å²) in [6.45, 7) is 0. The molecule has 1 aromatic rings. The van der Waals surface area contributed by atoms with Crippen molar-refractivity contribution in [2.45, 2.75) is 19.3 Å². The average molecular weight is 262 g/mol. The minimum Gasteiger partial charge on any atom is -0.506 e. The van der Waals surface area contributed by atoms with Crippen molar-refractivity contribution >= 4 is 17.3 Å². The maximum atomic E-state index is 12.0. The molecule has 6 nitrogen and oxygen atoms in total. The fraction of sp³-hybridized carbons (Fsp3) is 0.462. The number of benzene rings is 1. The van der Waals surface area contributed by atoms with Crippen LogP contribution < -0.4 is 5.32 Å². The molecule has 2 N–H and O–H groups in total. The molecule has 19 heavy (non-hydrogen) atoms. The van der Waals surface area contributed by atoms with Crippen LogP contribution in [0.15, 0.2) is 18.2 Å². The number of aromatic hydroxyl groups is 1. The first-order valence-electron chi connectivity index (χ1n) is 6.36. The summed E-state index contributed by atoms with van der Waals surface area (Å²) in [4.78, 5) is 22.0. The molecule has 1 aromatic carbocycles. The Balaban J connectivity index is 1.70. The van der Waals surface area contributed by atoms with E-state index in [2.05, 4.69) is 5.32 Å². The molecule has 2 atom stereocenters. The van der Waals surface area contributed by atoms with E-state index in [1.165, 1.54) is 18.6 Å². The van der Waals surface area contributed by atoms with Gasteiger partial charge in [0.2, 0.25) is 5.91 Å². The number of hydrogen-bond acceptors (Lipinski definition) is 4. The van der Waals surface area contributed by atoms with E-state index in [4.69, 9.17) is 0 Å². The Hall–Kier alpha value is -2.11. The zero-order chi connectivity index (χ0) is 13.6. The minimum atomic E-state index is -0.587. The predicted molar refractivity (Wildman–Crippen MR) is 67.7 cm³/mol. The Labute approximate surface area is 109 Å². The van der Waals surface area contributed by atoms with Gasteiger partial charge in [0.05, 0.1) is 16.7 Å². The highest BCUT2D eigenvalue weighted by atomic mass is 16.6. The van der Waals surface area contributed by atoms with Gasteiger partial charge < -0.3 is 10.4 Å². The third kappa shape index (κ3) is 2.03. The molecule has 0 bridgehead atoms. The van der Waals surface area contributed by atoms with Gasteiger partial charge in [-0.2, -0.15) is 0 Å². The van der Waals surface area contributed by atoms with Crippen molar-refractivity contribution in [2.75, 3.05) is 5.32 Å². The number of nitro benzene ring substituents is 1. The van der Waals surface area contributed by atoms with Gasteiger partial charge in [0.25, 0.3) is 5.69 Å². The topological polar surface area (TPSA) is 92.5 Å². The first-order valence-corrected chi connectivity index (χ1v) is 6.36. The molecule has 0 aromatic heterocycles. The van der Waals surface area contributed by atoms with Crippen LogP contribution in [0.2, 0.25) is 0 Å². The van der Waals surface area contributed by atoms with Gasteiger partial charge in [0.1, 0.15) is 5.75 Å². The minimum absolute atomic E-state index is 0.0586. The highest BCUT2D eigenvalue weighted by Crippen LogP contribution is 2.57. The van der Waals surface area contributed by atoms with Crippen LogP contribution in [0.1, 0.15) is 19.3 Å². The standard InChI is InChI=1S/C13H14N2O4/c16-11-6-7(15(18)19)4-5-10(11)14-13(17)12-8-2-1-3-9(8)12/h4-6,8-9,12,16H,1-3H2,(H,14,17). The second kappa shape index (κ2) is 4.22. The summed E-state index contributed by atoms with van der Waals surface area (Å²) in [5.41, 5.74) is 0.0411. The Bertz CT molecular complexity index is 548. The van der Waals surface area contributed by atoms with Crippen LogP contribution in [0.5, 0.6) is 5.75 Å². The van der Waals surface area contributed by atoms with Crippen LogP contribution >= 0.6 is 0 Å². The lowest BCUT2D eigenvalue weighted by Gasteiger charge is -2.08. The number of anilines is 1. The molecular formula is C13H14N2O4. The normalized spacial score (nSPS) is 27.7. The Morgan fingerprint density at radius 3 is 2.63 bits per heavy atom. The van der Waals surface area contributed by atoms with Crippen molar-refractivity contribution in [3.63, 3.8) is 0 Å². The molecule has 3 rings (SSSR count). The number of non-ortho nitro benzene ring substituents is 1. The smallest absolute Gasteiger partial charge is 0.273 e. The zero-order valence-electron chi connectivity index (χ0n) is 10.2. The third-order valence-corrected chi connectivity index (χ3v) is 4.16. The molecule has 0 saturated heterocycles. The van der Waals surface area contributed by atoms with E-state index < -0.39 is 4.92 Å². The van der Waals surface area contributed by atoms with E-state index >= 15 is 0 Å². The van der Waals surface area contributed by atoms with Crippen LogP contribution in [-0.4, -0.2) is 15.9 Å². The summed E-state index contributed by atoms with van der Waals surface area (Å²) < 4.78 is 0. The van der Waals surface area contributed by atoms with Crippen molar-refractivity contribution in [3.8, 4) is 5.75 Å². The van der Waals surface area contributed by atoms with E-state index in [9.17, 15) is 20.0 Å². The quantitative estimate of drug-likeness (QED) is 0.496. The van der Waals surface area contributed by atoms with Gasteiger partial charge in [-0.1, -0.05) is 6.42 Å². The molecule has 0 heterocycles. The number of carbonyl (C=O) groups is 1. The lowest BCUT2D eigenvalue weighted by Crippen LogP contribution is -2.16. The molecule has 2 unspecified atom stereocenters. The number of fused-ring (bicyclic) bond motifs is 1. The molecule has 1 amide bonds. The highest BCUT2D eigenvalue weighted by Gasteiger charge is 2.56. The maximum absolute atomic E-state index is 12.0. The van der Waals surface area contributed by atoms with Gasteiger partial charge in [-0.25, -0.2) is 0 Å². The number of amides is 1. The van der Waals surface area contributed by atoms with Crippen LogP contribution in [0, 0.1) is 27.9 Å². The van der Waals surface area contributed by atoms with Crippen molar-refractivity contribution < 1.29 is 14.8 Å². The number of nitro groups is 1. The van der Waals surface area contributed by atoms with Crippen LogP contribution in [0.25, 0.3) is 0 Å². The number of nitrogens with one attached hydrogen (secondary N) is 1. The number of rotatable bonds is 3. The van der Waals surface area contributed by atoms with Crippen molar-refractivity contribution in [1.82, 2.24) is 0 Å². The maximum Gasteiger partial charge on any atom is 0.273 e. The predicted octanol–water partition coefficient (Wildman–Crippen LogP) is 2.29. The van der Waals surface area contributed by atoms with Gasteiger partial charge in [-0.05, 0) is 30.7 Å². The van der Waals surface area contributed by atoms with Crippen LogP contribution in [0.3, 0.4) is 0 Å². The summed E-state index contributed by atoms with van der Waals surface area (Å²) in [6.07, 6.45) is 3.41. The lowest BCUT2D eigenvalue weighted by atomic mass is 10.1. The first-order chi connectivity index (χ1) is 9.08. The molecule has 0 spiro atoms. The van der Waals surface area contributed by atoms with E-state index in [1.54, 1.807) is 0 Å². The zero-order valence-corrected chi connectivity index (χ0v) is 10.2. The third-order valence-electron chi connectivity index (χ3n) is 4.16.